The number of amides is 1. The van der Waals surface area contributed by atoms with Gasteiger partial charge < -0.3 is 14.6 Å². The Hall–Kier alpha value is -3.47. The number of aryl methyl sites for hydroxylation is 1. The number of pyridine rings is 1. The Morgan fingerprint density at radius 2 is 2.06 bits per heavy atom. The SMILES string of the molecule is C[C@H](Cc1nncn1C)c1cc(NC2COC2)nc(N2Cc3c(cccc3C(F)(F)F)C2=O)c1. The van der Waals surface area contributed by atoms with Crippen LogP contribution in [-0.2, 0) is 30.9 Å². The van der Waals surface area contributed by atoms with Gasteiger partial charge in [0.15, 0.2) is 0 Å². The highest BCUT2D eigenvalue weighted by Crippen LogP contribution is 2.39. The number of rotatable bonds is 6. The van der Waals surface area contributed by atoms with Crippen molar-refractivity contribution in [2.45, 2.75) is 38.0 Å². The second-order valence-electron chi connectivity index (χ2n) is 8.71. The molecule has 2 aliphatic heterocycles. The highest BCUT2D eigenvalue weighted by molar-refractivity contribution is 6.10. The summed E-state index contributed by atoms with van der Waals surface area (Å²) >= 11 is 0. The molecule has 0 spiro atoms. The largest absolute Gasteiger partial charge is 0.416 e. The van der Waals surface area contributed by atoms with Crippen molar-refractivity contribution in [2.24, 2.45) is 7.05 Å². The van der Waals surface area contributed by atoms with Crippen molar-refractivity contribution in [2.75, 3.05) is 23.4 Å². The predicted molar refractivity (Wildman–Crippen MR) is 118 cm³/mol. The number of alkyl halides is 3. The van der Waals surface area contributed by atoms with E-state index >= 15 is 0 Å². The third-order valence-corrected chi connectivity index (χ3v) is 6.24. The fourth-order valence-corrected chi connectivity index (χ4v) is 4.23. The van der Waals surface area contributed by atoms with Crippen LogP contribution in [0.15, 0.2) is 36.7 Å². The van der Waals surface area contributed by atoms with E-state index in [2.05, 4.69) is 20.5 Å². The lowest BCUT2D eigenvalue weighted by Crippen LogP contribution is -2.40. The van der Waals surface area contributed by atoms with Gasteiger partial charge in [-0.25, -0.2) is 4.98 Å². The standard InChI is InChI=1S/C23H23F3N6O2/c1-13(6-21-30-27-12-31(21)2)14-7-19(28-15-10-34-11-15)29-20(8-14)32-9-17-16(22(32)33)4-3-5-18(17)23(24,25)26/h3-5,7-8,12-13,15H,6,9-11H2,1-2H3,(H,28,29)/t13-/m1/s1. The molecule has 1 fully saturated rings. The average molecular weight is 472 g/mol. The Morgan fingerprint density at radius 3 is 2.71 bits per heavy atom. The van der Waals surface area contributed by atoms with Crippen molar-refractivity contribution in [1.29, 1.82) is 0 Å². The molecule has 1 saturated heterocycles. The van der Waals surface area contributed by atoms with Gasteiger partial charge in [0.25, 0.3) is 5.91 Å². The first kappa shape index (κ1) is 22.3. The van der Waals surface area contributed by atoms with E-state index in [9.17, 15) is 18.0 Å². The number of carbonyl (C=O) groups excluding carboxylic acids is 1. The monoisotopic (exact) mass is 472 g/mol. The molecule has 1 aromatic carbocycles. The maximum absolute atomic E-state index is 13.6. The quantitative estimate of drug-likeness (QED) is 0.591. The van der Waals surface area contributed by atoms with Crippen molar-refractivity contribution in [3.05, 3.63) is 64.7 Å². The van der Waals surface area contributed by atoms with Gasteiger partial charge in [-0.05, 0) is 41.3 Å². The zero-order chi connectivity index (χ0) is 24.0. The Balaban J connectivity index is 1.50. The Morgan fingerprint density at radius 1 is 1.26 bits per heavy atom. The summed E-state index contributed by atoms with van der Waals surface area (Å²) in [5.41, 5.74) is 0.116. The molecule has 1 amide bonds. The van der Waals surface area contributed by atoms with Crippen LogP contribution < -0.4 is 10.2 Å². The van der Waals surface area contributed by atoms with E-state index in [1.54, 1.807) is 12.4 Å². The molecule has 8 nitrogen and oxygen atoms in total. The van der Waals surface area contributed by atoms with E-state index in [1.165, 1.54) is 17.0 Å². The van der Waals surface area contributed by atoms with Crippen LogP contribution in [-0.4, -0.2) is 44.9 Å². The third kappa shape index (κ3) is 4.11. The molecular weight excluding hydrogens is 449 g/mol. The summed E-state index contributed by atoms with van der Waals surface area (Å²) in [7, 11) is 1.86. The summed E-state index contributed by atoms with van der Waals surface area (Å²) in [6.07, 6.45) is -2.32. The molecule has 0 unspecified atom stereocenters. The van der Waals surface area contributed by atoms with Gasteiger partial charge in [-0.2, -0.15) is 13.2 Å². The Labute approximate surface area is 193 Å². The number of nitrogens with one attached hydrogen (secondary N) is 1. The molecule has 178 valence electrons. The highest BCUT2D eigenvalue weighted by Gasteiger charge is 2.40. The fourth-order valence-electron chi connectivity index (χ4n) is 4.23. The van der Waals surface area contributed by atoms with Crippen LogP contribution in [0.3, 0.4) is 0 Å². The van der Waals surface area contributed by atoms with Crippen LogP contribution in [0, 0.1) is 0 Å². The minimum atomic E-state index is -4.54. The summed E-state index contributed by atoms with van der Waals surface area (Å²) in [6.45, 7) is 2.91. The molecule has 5 rings (SSSR count). The number of fused-ring (bicyclic) bond motifs is 1. The number of halogens is 3. The number of carbonyl (C=O) groups is 1. The summed E-state index contributed by atoms with van der Waals surface area (Å²) in [5.74, 6) is 1.15. The van der Waals surface area contributed by atoms with Gasteiger partial charge in [0.05, 0.1) is 31.4 Å². The second kappa shape index (κ2) is 8.39. The van der Waals surface area contributed by atoms with Crippen LogP contribution >= 0.6 is 0 Å². The van der Waals surface area contributed by atoms with Crippen LogP contribution in [0.2, 0.25) is 0 Å². The van der Waals surface area contributed by atoms with Crippen molar-refractivity contribution < 1.29 is 22.7 Å². The van der Waals surface area contributed by atoms with Crippen molar-refractivity contribution >= 4 is 17.5 Å². The zero-order valence-corrected chi connectivity index (χ0v) is 18.6. The topological polar surface area (TPSA) is 85.2 Å². The first-order valence-corrected chi connectivity index (χ1v) is 10.9. The van der Waals surface area contributed by atoms with E-state index in [-0.39, 0.29) is 29.6 Å². The Kier molecular flexibility index (Phi) is 5.51. The molecule has 11 heteroatoms. The van der Waals surface area contributed by atoms with E-state index in [0.29, 0.717) is 31.3 Å². The smallest absolute Gasteiger partial charge is 0.377 e. The van der Waals surface area contributed by atoms with Gasteiger partial charge in [-0.3, -0.25) is 9.69 Å². The van der Waals surface area contributed by atoms with E-state index < -0.39 is 17.6 Å². The van der Waals surface area contributed by atoms with Gasteiger partial charge in [-0.1, -0.05) is 13.0 Å². The molecule has 0 saturated carbocycles. The molecule has 34 heavy (non-hydrogen) atoms. The summed E-state index contributed by atoms with van der Waals surface area (Å²) in [4.78, 5) is 19.0. The number of ether oxygens (including phenoxy) is 1. The number of nitrogens with zero attached hydrogens (tertiary/aromatic N) is 5. The average Bonchev–Trinajstić information content (AvgIpc) is 3.32. The maximum Gasteiger partial charge on any atom is 0.416 e. The van der Waals surface area contributed by atoms with Crippen LogP contribution in [0.5, 0.6) is 0 Å². The molecule has 1 N–H and O–H groups in total. The van der Waals surface area contributed by atoms with Crippen LogP contribution in [0.4, 0.5) is 24.8 Å². The number of anilines is 2. The Bertz CT molecular complexity index is 1240. The highest BCUT2D eigenvalue weighted by atomic mass is 19.4. The zero-order valence-electron chi connectivity index (χ0n) is 18.6. The van der Waals surface area contributed by atoms with Crippen LogP contribution in [0.1, 0.15) is 45.7 Å². The molecule has 2 aromatic heterocycles. The fraction of sp³-hybridized carbons (Fsp3) is 0.391. The molecule has 3 aromatic rings. The molecule has 4 heterocycles. The van der Waals surface area contributed by atoms with Crippen molar-refractivity contribution in [3.63, 3.8) is 0 Å². The normalized spacial score (nSPS) is 17.0. The third-order valence-electron chi connectivity index (χ3n) is 6.24. The summed E-state index contributed by atoms with van der Waals surface area (Å²) < 4.78 is 47.7. The number of benzene rings is 1. The minimum absolute atomic E-state index is 0.00587. The second-order valence-corrected chi connectivity index (χ2v) is 8.71. The first-order chi connectivity index (χ1) is 16.2. The van der Waals surface area contributed by atoms with E-state index in [4.69, 9.17) is 4.74 Å². The van der Waals surface area contributed by atoms with E-state index in [0.717, 1.165) is 17.5 Å². The maximum atomic E-state index is 13.6. The van der Waals surface area contributed by atoms with E-state index in [1.807, 2.05) is 24.6 Å². The van der Waals surface area contributed by atoms with Gasteiger partial charge in [0.1, 0.15) is 23.8 Å². The van der Waals surface area contributed by atoms with Crippen LogP contribution in [0.25, 0.3) is 0 Å². The molecule has 1 atom stereocenters. The lowest BCUT2D eigenvalue weighted by Gasteiger charge is -2.28. The molecule has 0 bridgehead atoms. The lowest BCUT2D eigenvalue weighted by atomic mass is 9.97. The summed E-state index contributed by atoms with van der Waals surface area (Å²) in [5, 5.41) is 11.3. The van der Waals surface area contributed by atoms with Gasteiger partial charge in [0, 0.05) is 19.0 Å². The first-order valence-electron chi connectivity index (χ1n) is 10.9. The lowest BCUT2D eigenvalue weighted by molar-refractivity contribution is -0.138. The minimum Gasteiger partial charge on any atom is -0.377 e. The molecule has 2 aliphatic rings. The van der Waals surface area contributed by atoms with Gasteiger partial charge >= 0.3 is 6.18 Å². The number of hydrogen-bond acceptors (Lipinski definition) is 6. The predicted octanol–water partition coefficient (Wildman–Crippen LogP) is 3.55. The number of aromatic nitrogens is 4. The summed E-state index contributed by atoms with van der Waals surface area (Å²) in [6, 6.07) is 7.45. The molecule has 0 aliphatic carbocycles. The van der Waals surface area contributed by atoms with Crippen molar-refractivity contribution in [3.8, 4) is 0 Å². The van der Waals surface area contributed by atoms with Gasteiger partial charge in [0.2, 0.25) is 0 Å². The molecular formula is C23H23F3N6O2. The van der Waals surface area contributed by atoms with Crippen molar-refractivity contribution in [1.82, 2.24) is 19.7 Å². The van der Waals surface area contributed by atoms with Gasteiger partial charge in [-0.15, -0.1) is 10.2 Å². The number of hydrogen-bond donors (Lipinski definition) is 1. The molecule has 0 radical (unpaired) electrons.